The molecule has 3 aliphatic rings. The Hall–Kier alpha value is -3.43. The van der Waals surface area contributed by atoms with Crippen molar-refractivity contribution >= 4 is 17.7 Å². The number of anilines is 1. The van der Waals surface area contributed by atoms with Gasteiger partial charge in [0.2, 0.25) is 0 Å². The first kappa shape index (κ1) is 24.9. The Morgan fingerprint density at radius 2 is 1.79 bits per heavy atom. The summed E-state index contributed by atoms with van der Waals surface area (Å²) in [6.07, 6.45) is 11.5. The van der Waals surface area contributed by atoms with Gasteiger partial charge in [-0.3, -0.25) is 4.79 Å². The third kappa shape index (κ3) is 4.43. The van der Waals surface area contributed by atoms with Gasteiger partial charge < -0.3 is 9.80 Å². The fourth-order valence-electron chi connectivity index (χ4n) is 7.24. The van der Waals surface area contributed by atoms with Crippen LogP contribution in [0.25, 0.3) is 6.08 Å². The van der Waals surface area contributed by atoms with E-state index >= 15 is 0 Å². The van der Waals surface area contributed by atoms with E-state index < -0.39 is 0 Å². The fourth-order valence-corrected chi connectivity index (χ4v) is 7.24. The van der Waals surface area contributed by atoms with Gasteiger partial charge in [0.1, 0.15) is 0 Å². The molecule has 1 saturated heterocycles. The van der Waals surface area contributed by atoms with E-state index in [1.165, 1.54) is 55.5 Å². The molecule has 2 aliphatic carbocycles. The van der Waals surface area contributed by atoms with Gasteiger partial charge in [0.15, 0.2) is 0 Å². The van der Waals surface area contributed by atoms with Crippen molar-refractivity contribution in [3.05, 3.63) is 120 Å². The van der Waals surface area contributed by atoms with Crippen LogP contribution in [-0.4, -0.2) is 36.5 Å². The van der Waals surface area contributed by atoms with Crippen molar-refractivity contribution in [1.82, 2.24) is 4.90 Å². The number of carbonyl (C=O) groups excluding carboxylic acids is 1. The molecule has 4 atom stereocenters. The zero-order valence-corrected chi connectivity index (χ0v) is 22.4. The van der Waals surface area contributed by atoms with Crippen molar-refractivity contribution in [1.29, 1.82) is 0 Å². The molecule has 3 aromatic carbocycles. The first-order valence-corrected chi connectivity index (χ1v) is 14.2. The molecule has 1 aliphatic heterocycles. The Kier molecular flexibility index (Phi) is 6.80. The van der Waals surface area contributed by atoms with Crippen LogP contribution < -0.4 is 4.90 Å². The number of likely N-dealkylation sites (tertiary alicyclic amines) is 1. The van der Waals surface area contributed by atoms with Crippen LogP contribution in [0.2, 0.25) is 0 Å². The minimum atomic E-state index is 0.0192. The summed E-state index contributed by atoms with van der Waals surface area (Å²) in [4.78, 5) is 17.9. The topological polar surface area (TPSA) is 23.6 Å². The van der Waals surface area contributed by atoms with Crippen LogP contribution in [0.15, 0.2) is 97.6 Å². The van der Waals surface area contributed by atoms with Gasteiger partial charge in [-0.05, 0) is 85.0 Å². The number of carbonyl (C=O) groups is 1. The molecule has 1 amide bonds. The molecule has 2 fully saturated rings. The van der Waals surface area contributed by atoms with Gasteiger partial charge in [-0.1, -0.05) is 79.7 Å². The Balaban J connectivity index is 1.10. The molecule has 3 unspecified atom stereocenters. The number of piperidine rings is 1. The van der Waals surface area contributed by atoms with Gasteiger partial charge in [-0.15, -0.1) is 6.58 Å². The van der Waals surface area contributed by atoms with Crippen molar-refractivity contribution in [2.75, 3.05) is 24.5 Å². The van der Waals surface area contributed by atoms with Crippen LogP contribution in [0.1, 0.15) is 65.6 Å². The molecule has 3 nitrogen and oxygen atoms in total. The number of amides is 1. The third-order valence-corrected chi connectivity index (χ3v) is 9.40. The summed E-state index contributed by atoms with van der Waals surface area (Å²) < 4.78 is 0. The van der Waals surface area contributed by atoms with Gasteiger partial charge in [-0.2, -0.15) is 0 Å². The van der Waals surface area contributed by atoms with Crippen LogP contribution in [0.5, 0.6) is 0 Å². The van der Waals surface area contributed by atoms with E-state index in [0.717, 1.165) is 11.3 Å². The molecule has 0 radical (unpaired) electrons. The lowest BCUT2D eigenvalue weighted by atomic mass is 9.68. The summed E-state index contributed by atoms with van der Waals surface area (Å²) >= 11 is 0. The lowest BCUT2D eigenvalue weighted by molar-refractivity contribution is 0.0898. The average molecular weight is 503 g/mol. The Labute approximate surface area is 227 Å². The SMILES string of the molecule is C=CCN(C(=O)c1ccc(C2CCC(N3CCC4(C=Cc5ccccc54)[C@@H](C)C3)C2)cc1)c1ccccc1. The smallest absolute Gasteiger partial charge is 0.258 e. The quantitative estimate of drug-likeness (QED) is 0.327. The van der Waals surface area contributed by atoms with E-state index in [4.69, 9.17) is 0 Å². The van der Waals surface area contributed by atoms with E-state index in [1.807, 2.05) is 42.5 Å². The Morgan fingerprint density at radius 1 is 1.03 bits per heavy atom. The standard InChI is InChI=1S/C35H38N2O/c1-3-22-37(31-10-5-4-6-11-31)34(38)29-15-13-27(14-16-29)30-17-18-32(24-30)36-23-21-35(26(2)25-36)20-19-28-9-7-8-12-33(28)35/h3-16,19-20,26,30,32H,1,17-18,21-25H2,2H3/t26-,30?,32?,35?/m0/s1. The highest BCUT2D eigenvalue weighted by molar-refractivity contribution is 6.06. The second-order valence-electron chi connectivity index (χ2n) is 11.4. The lowest BCUT2D eigenvalue weighted by Crippen LogP contribution is -2.50. The predicted molar refractivity (Wildman–Crippen MR) is 158 cm³/mol. The van der Waals surface area contributed by atoms with Crippen LogP contribution in [0, 0.1) is 5.92 Å². The third-order valence-electron chi connectivity index (χ3n) is 9.40. The van der Waals surface area contributed by atoms with Crippen molar-refractivity contribution in [3.63, 3.8) is 0 Å². The van der Waals surface area contributed by atoms with Gasteiger partial charge in [0.05, 0.1) is 0 Å². The van der Waals surface area contributed by atoms with E-state index in [1.54, 1.807) is 11.0 Å². The van der Waals surface area contributed by atoms with Crippen LogP contribution >= 0.6 is 0 Å². The zero-order chi connectivity index (χ0) is 26.1. The van der Waals surface area contributed by atoms with Crippen molar-refractivity contribution in [3.8, 4) is 0 Å². The highest BCUT2D eigenvalue weighted by Crippen LogP contribution is 2.48. The second-order valence-corrected chi connectivity index (χ2v) is 11.4. The Morgan fingerprint density at radius 3 is 2.55 bits per heavy atom. The molecule has 3 heteroatoms. The van der Waals surface area contributed by atoms with Crippen LogP contribution in [0.4, 0.5) is 5.69 Å². The number of nitrogens with zero attached hydrogens (tertiary/aromatic N) is 2. The molecule has 0 aromatic heterocycles. The average Bonchev–Trinajstić information content (AvgIpc) is 3.60. The number of fused-ring (bicyclic) bond motifs is 2. The van der Waals surface area contributed by atoms with Crippen molar-refractivity contribution in [2.24, 2.45) is 5.92 Å². The number of benzene rings is 3. The Bertz CT molecular complexity index is 1330. The summed E-state index contributed by atoms with van der Waals surface area (Å²) in [5, 5.41) is 0. The maximum absolute atomic E-state index is 13.3. The van der Waals surface area contributed by atoms with Gasteiger partial charge in [0.25, 0.3) is 5.91 Å². The minimum Gasteiger partial charge on any atom is -0.305 e. The number of hydrogen-bond acceptors (Lipinski definition) is 2. The summed E-state index contributed by atoms with van der Waals surface area (Å²) in [7, 11) is 0. The highest BCUT2D eigenvalue weighted by atomic mass is 16.2. The molecule has 1 saturated carbocycles. The number of allylic oxidation sites excluding steroid dienone is 1. The summed E-state index contributed by atoms with van der Waals surface area (Å²) in [5.41, 5.74) is 6.15. The maximum atomic E-state index is 13.3. The fraction of sp³-hybridized carbons (Fsp3) is 0.343. The summed E-state index contributed by atoms with van der Waals surface area (Å²) in [6, 6.07) is 27.9. The van der Waals surface area contributed by atoms with Crippen molar-refractivity contribution in [2.45, 2.75) is 50.0 Å². The van der Waals surface area contributed by atoms with Crippen LogP contribution in [-0.2, 0) is 5.41 Å². The number of para-hydroxylation sites is 1. The lowest BCUT2D eigenvalue weighted by Gasteiger charge is -2.46. The first-order valence-electron chi connectivity index (χ1n) is 14.2. The van der Waals surface area contributed by atoms with E-state index in [2.05, 4.69) is 67.0 Å². The van der Waals surface area contributed by atoms with E-state index in [-0.39, 0.29) is 11.3 Å². The molecule has 1 heterocycles. The molecule has 0 N–H and O–H groups in total. The number of rotatable bonds is 6. The van der Waals surface area contributed by atoms with E-state index in [0.29, 0.717) is 24.4 Å². The summed E-state index contributed by atoms with van der Waals surface area (Å²) in [6.45, 7) is 9.13. The largest absolute Gasteiger partial charge is 0.305 e. The van der Waals surface area contributed by atoms with Crippen molar-refractivity contribution < 1.29 is 4.79 Å². The predicted octanol–water partition coefficient (Wildman–Crippen LogP) is 7.46. The molecular weight excluding hydrogens is 464 g/mol. The normalized spacial score (nSPS) is 26.4. The van der Waals surface area contributed by atoms with E-state index in [9.17, 15) is 4.79 Å². The molecule has 3 aromatic rings. The molecule has 194 valence electrons. The monoisotopic (exact) mass is 502 g/mol. The van der Waals surface area contributed by atoms with Gasteiger partial charge in [-0.25, -0.2) is 0 Å². The highest BCUT2D eigenvalue weighted by Gasteiger charge is 2.45. The second kappa shape index (κ2) is 10.4. The summed E-state index contributed by atoms with van der Waals surface area (Å²) in [5.74, 6) is 1.20. The van der Waals surface area contributed by atoms with Gasteiger partial charge >= 0.3 is 0 Å². The molecule has 1 spiro atoms. The van der Waals surface area contributed by atoms with Crippen LogP contribution in [0.3, 0.4) is 0 Å². The first-order chi connectivity index (χ1) is 18.6. The van der Waals surface area contributed by atoms with Gasteiger partial charge in [0, 0.05) is 35.8 Å². The minimum absolute atomic E-state index is 0.0192. The molecule has 0 bridgehead atoms. The molecule has 6 rings (SSSR count). The molecular formula is C35H38N2O. The maximum Gasteiger partial charge on any atom is 0.258 e. The zero-order valence-electron chi connectivity index (χ0n) is 22.4. The molecule has 38 heavy (non-hydrogen) atoms. The number of hydrogen-bond donors (Lipinski definition) is 0.